The third-order valence-electron chi connectivity index (χ3n) is 1.90. The Morgan fingerprint density at radius 1 is 1.80 bits per heavy atom. The first kappa shape index (κ1) is 11.5. The molecule has 15 heavy (non-hydrogen) atoms. The number of alkyl halides is 1. The minimum absolute atomic E-state index is 0.567. The average molecular weight is 219 g/mol. The highest BCUT2D eigenvalue weighted by atomic mass is 19.1. The molecule has 0 aliphatic heterocycles. The molecule has 0 bridgehead atoms. The van der Waals surface area contributed by atoms with E-state index < -0.39 is 29.4 Å². The van der Waals surface area contributed by atoms with Crippen LogP contribution in [0.25, 0.3) is 0 Å². The summed E-state index contributed by atoms with van der Waals surface area (Å²) in [5, 5.41) is 28.8. The summed E-state index contributed by atoms with van der Waals surface area (Å²) in [6.45, 7) is 0.295. The number of hydrogen-bond donors (Lipinski definition) is 2. The highest BCUT2D eigenvalue weighted by Crippen LogP contribution is 2.16. The van der Waals surface area contributed by atoms with Crippen molar-refractivity contribution >= 4 is 5.95 Å². The molecule has 0 aromatic carbocycles. The van der Waals surface area contributed by atoms with Gasteiger partial charge in [0.05, 0.1) is 0 Å². The topological polar surface area (TPSA) is 101 Å². The van der Waals surface area contributed by atoms with E-state index in [1.54, 1.807) is 0 Å². The second kappa shape index (κ2) is 3.91. The first-order chi connectivity index (χ1) is 6.84. The van der Waals surface area contributed by atoms with Crippen molar-refractivity contribution in [2.75, 3.05) is 0 Å². The van der Waals surface area contributed by atoms with Crippen LogP contribution in [-0.2, 0) is 6.54 Å². The maximum atomic E-state index is 12.7. The van der Waals surface area contributed by atoms with E-state index in [9.17, 15) is 24.7 Å². The highest BCUT2D eigenvalue weighted by molar-refractivity contribution is 5.07. The van der Waals surface area contributed by atoms with Gasteiger partial charge in [0.2, 0.25) is 5.79 Å². The maximum Gasteiger partial charge on any atom is 0.434 e. The molecule has 0 aliphatic rings. The zero-order valence-electron chi connectivity index (χ0n) is 7.87. The Morgan fingerprint density at radius 3 is 2.87 bits per heavy atom. The van der Waals surface area contributed by atoms with Crippen LogP contribution in [-0.4, -0.2) is 36.6 Å². The summed E-state index contributed by atoms with van der Waals surface area (Å²) in [4.78, 5) is 13.0. The molecular formula is C7H10FN3O4. The van der Waals surface area contributed by atoms with Crippen molar-refractivity contribution in [1.29, 1.82) is 0 Å². The molecule has 1 aromatic rings. The van der Waals surface area contributed by atoms with Gasteiger partial charge in [-0.2, -0.15) is 0 Å². The van der Waals surface area contributed by atoms with Crippen LogP contribution in [0.3, 0.4) is 0 Å². The lowest BCUT2D eigenvalue weighted by Crippen LogP contribution is -2.42. The molecule has 0 amide bonds. The molecule has 0 saturated heterocycles. The molecule has 0 aliphatic carbocycles. The normalized spacial score (nSPS) is 13.9. The van der Waals surface area contributed by atoms with E-state index in [-0.39, 0.29) is 0 Å². The number of imidazole rings is 1. The Balaban J connectivity index is 2.90. The summed E-state index contributed by atoms with van der Waals surface area (Å²) < 4.78 is 13.6. The Morgan fingerprint density at radius 2 is 2.40 bits per heavy atom. The summed E-state index contributed by atoms with van der Waals surface area (Å²) in [6.07, 6.45) is 0.359. The smallest absolute Gasteiger partial charge is 0.390 e. The minimum Gasteiger partial charge on any atom is -0.390 e. The standard InChI is InChI=1S/C7H10FN3O4/c1-5(8)7(12,13)4-10-3-2-9-6(10)11(14)15/h2-3,5,12-13H,4H2,1H3. The van der Waals surface area contributed by atoms with E-state index in [0.717, 1.165) is 17.7 Å². The van der Waals surface area contributed by atoms with Crippen LogP contribution in [0, 0.1) is 10.1 Å². The average Bonchev–Trinajstić information content (AvgIpc) is 2.51. The number of halogens is 1. The van der Waals surface area contributed by atoms with Crippen molar-refractivity contribution in [3.63, 3.8) is 0 Å². The lowest BCUT2D eigenvalue weighted by Gasteiger charge is -2.21. The SMILES string of the molecule is CC(F)C(O)(O)Cn1ccnc1[N+](=O)[O-]. The van der Waals surface area contributed by atoms with Gasteiger partial charge < -0.3 is 20.3 Å². The van der Waals surface area contributed by atoms with Gasteiger partial charge in [-0.15, -0.1) is 0 Å². The van der Waals surface area contributed by atoms with Crippen molar-refractivity contribution < 1.29 is 19.5 Å². The maximum absolute atomic E-state index is 12.7. The number of rotatable bonds is 4. The lowest BCUT2D eigenvalue weighted by molar-refractivity contribution is -0.398. The number of aliphatic hydroxyl groups is 2. The van der Waals surface area contributed by atoms with E-state index in [4.69, 9.17) is 0 Å². The van der Waals surface area contributed by atoms with Crippen LogP contribution < -0.4 is 0 Å². The molecule has 0 spiro atoms. The van der Waals surface area contributed by atoms with Crippen LogP contribution in [0.1, 0.15) is 6.92 Å². The molecule has 1 unspecified atom stereocenters. The van der Waals surface area contributed by atoms with Crippen LogP contribution in [0.4, 0.5) is 10.3 Å². The zero-order valence-corrected chi connectivity index (χ0v) is 7.87. The van der Waals surface area contributed by atoms with E-state index in [1.807, 2.05) is 0 Å². The molecule has 2 N–H and O–H groups in total. The molecule has 1 heterocycles. The predicted octanol–water partition coefficient (Wildman–Crippen LogP) is -0.170. The predicted molar refractivity (Wildman–Crippen MR) is 46.6 cm³/mol. The first-order valence-electron chi connectivity index (χ1n) is 4.09. The van der Waals surface area contributed by atoms with Crippen molar-refractivity contribution in [3.8, 4) is 0 Å². The van der Waals surface area contributed by atoms with E-state index >= 15 is 0 Å². The Labute approximate surface area is 83.9 Å². The molecular weight excluding hydrogens is 209 g/mol. The van der Waals surface area contributed by atoms with E-state index in [0.29, 0.717) is 0 Å². The van der Waals surface area contributed by atoms with Gasteiger partial charge >= 0.3 is 5.95 Å². The van der Waals surface area contributed by atoms with Crippen LogP contribution in [0.5, 0.6) is 0 Å². The van der Waals surface area contributed by atoms with Crippen LogP contribution in [0.15, 0.2) is 12.4 Å². The third-order valence-corrected chi connectivity index (χ3v) is 1.90. The fourth-order valence-corrected chi connectivity index (χ4v) is 0.973. The second-order valence-electron chi connectivity index (χ2n) is 3.11. The molecule has 7 nitrogen and oxygen atoms in total. The summed E-state index contributed by atoms with van der Waals surface area (Å²) in [7, 11) is 0. The minimum atomic E-state index is -2.65. The summed E-state index contributed by atoms with van der Waals surface area (Å²) >= 11 is 0. The van der Waals surface area contributed by atoms with Crippen LogP contribution >= 0.6 is 0 Å². The van der Waals surface area contributed by atoms with Gasteiger partial charge in [0, 0.05) is 0 Å². The quantitative estimate of drug-likeness (QED) is 0.416. The fourth-order valence-electron chi connectivity index (χ4n) is 0.973. The molecule has 1 atom stereocenters. The number of nitrogens with zero attached hydrogens (tertiary/aromatic N) is 3. The van der Waals surface area contributed by atoms with Gasteiger partial charge in [-0.3, -0.25) is 0 Å². The van der Waals surface area contributed by atoms with Gasteiger partial charge in [0.1, 0.15) is 18.9 Å². The van der Waals surface area contributed by atoms with Gasteiger partial charge in [0.25, 0.3) is 0 Å². The van der Waals surface area contributed by atoms with Gasteiger partial charge in [-0.1, -0.05) is 4.98 Å². The Hall–Kier alpha value is -1.54. The second-order valence-corrected chi connectivity index (χ2v) is 3.11. The molecule has 0 radical (unpaired) electrons. The molecule has 1 rings (SSSR count). The lowest BCUT2D eigenvalue weighted by atomic mass is 10.2. The third kappa shape index (κ3) is 2.48. The fraction of sp³-hybridized carbons (Fsp3) is 0.571. The molecule has 0 saturated carbocycles. The van der Waals surface area contributed by atoms with Crippen molar-refractivity contribution in [3.05, 3.63) is 22.5 Å². The Bertz CT molecular complexity index is 363. The number of hydrogen-bond acceptors (Lipinski definition) is 5. The van der Waals surface area contributed by atoms with Gasteiger partial charge in [-0.05, 0) is 11.8 Å². The van der Waals surface area contributed by atoms with Crippen molar-refractivity contribution in [1.82, 2.24) is 9.55 Å². The van der Waals surface area contributed by atoms with Crippen molar-refractivity contribution in [2.24, 2.45) is 0 Å². The van der Waals surface area contributed by atoms with E-state index in [2.05, 4.69) is 4.98 Å². The Kier molecular flexibility index (Phi) is 3.01. The zero-order chi connectivity index (χ0) is 11.6. The van der Waals surface area contributed by atoms with Gasteiger partial charge in [0.15, 0.2) is 6.17 Å². The highest BCUT2D eigenvalue weighted by Gasteiger charge is 2.35. The van der Waals surface area contributed by atoms with E-state index in [1.165, 1.54) is 6.20 Å². The largest absolute Gasteiger partial charge is 0.434 e. The first-order valence-corrected chi connectivity index (χ1v) is 4.09. The molecule has 0 fully saturated rings. The van der Waals surface area contributed by atoms with Crippen LogP contribution in [0.2, 0.25) is 0 Å². The number of aromatic nitrogens is 2. The summed E-state index contributed by atoms with van der Waals surface area (Å²) in [5.41, 5.74) is 0. The summed E-state index contributed by atoms with van der Waals surface area (Å²) in [6, 6.07) is 0. The molecule has 84 valence electrons. The van der Waals surface area contributed by atoms with Gasteiger partial charge in [-0.25, -0.2) is 8.96 Å². The molecule has 1 aromatic heterocycles. The van der Waals surface area contributed by atoms with Crippen molar-refractivity contribution in [2.45, 2.75) is 25.4 Å². The number of nitro groups is 1. The summed E-state index contributed by atoms with van der Waals surface area (Å²) in [5.74, 6) is -3.21. The monoisotopic (exact) mass is 219 g/mol. The molecule has 8 heteroatoms.